The lowest BCUT2D eigenvalue weighted by molar-refractivity contribution is 1.21. The van der Waals surface area contributed by atoms with Gasteiger partial charge in [-0.2, -0.15) is 5.10 Å². The molecule has 0 radical (unpaired) electrons. The molecule has 0 fully saturated rings. The van der Waals surface area contributed by atoms with Crippen LogP contribution in [-0.4, -0.2) is 21.2 Å². The predicted molar refractivity (Wildman–Crippen MR) is 80.0 cm³/mol. The van der Waals surface area contributed by atoms with Crippen LogP contribution >= 0.6 is 11.6 Å². The molecular weight excluding hydrogens is 274 g/mol. The third kappa shape index (κ3) is 2.73. The van der Waals surface area contributed by atoms with E-state index in [0.29, 0.717) is 5.82 Å². The molecule has 3 rings (SSSR count). The summed E-state index contributed by atoms with van der Waals surface area (Å²) >= 11 is 6.06. The zero-order valence-electron chi connectivity index (χ0n) is 10.4. The van der Waals surface area contributed by atoms with Gasteiger partial charge in [-0.3, -0.25) is 10.4 Å². The topological polar surface area (TPSA) is 63.1 Å². The molecule has 5 nitrogen and oxygen atoms in total. The van der Waals surface area contributed by atoms with Gasteiger partial charge in [-0.25, -0.2) is 9.97 Å². The summed E-state index contributed by atoms with van der Waals surface area (Å²) in [5.74, 6) is 0.414. The largest absolute Gasteiger partial charge is 0.259 e. The molecule has 0 saturated carbocycles. The van der Waals surface area contributed by atoms with Gasteiger partial charge in [-0.1, -0.05) is 29.8 Å². The van der Waals surface area contributed by atoms with Crippen molar-refractivity contribution in [2.75, 3.05) is 5.43 Å². The van der Waals surface area contributed by atoms with E-state index >= 15 is 0 Å². The minimum absolute atomic E-state index is 0.280. The number of hydrogen-bond acceptors (Lipinski definition) is 5. The van der Waals surface area contributed by atoms with Crippen molar-refractivity contribution < 1.29 is 0 Å². The fourth-order valence-electron chi connectivity index (χ4n) is 1.66. The van der Waals surface area contributed by atoms with Gasteiger partial charge in [0.05, 0.1) is 22.9 Å². The number of benzene rings is 1. The number of pyridine rings is 1. The molecule has 0 aliphatic heterocycles. The van der Waals surface area contributed by atoms with E-state index in [0.717, 1.165) is 16.7 Å². The number of nitrogens with one attached hydrogen (secondary N) is 1. The van der Waals surface area contributed by atoms with Crippen molar-refractivity contribution in [1.82, 2.24) is 15.0 Å². The number of para-hydroxylation sites is 2. The Hall–Kier alpha value is -2.53. The van der Waals surface area contributed by atoms with E-state index in [9.17, 15) is 0 Å². The maximum absolute atomic E-state index is 6.06. The van der Waals surface area contributed by atoms with Crippen LogP contribution in [0.15, 0.2) is 53.8 Å². The zero-order chi connectivity index (χ0) is 13.8. The van der Waals surface area contributed by atoms with Gasteiger partial charge in [0.1, 0.15) is 0 Å². The van der Waals surface area contributed by atoms with Crippen LogP contribution in [0.5, 0.6) is 0 Å². The molecule has 0 amide bonds. The molecule has 2 heterocycles. The van der Waals surface area contributed by atoms with Crippen LogP contribution in [0, 0.1) is 0 Å². The summed E-state index contributed by atoms with van der Waals surface area (Å²) in [5, 5.41) is 4.33. The number of hydrogen-bond donors (Lipinski definition) is 1. The highest BCUT2D eigenvalue weighted by atomic mass is 35.5. The van der Waals surface area contributed by atoms with Gasteiger partial charge in [-0.05, 0) is 24.3 Å². The number of fused-ring (bicyclic) bond motifs is 1. The van der Waals surface area contributed by atoms with E-state index < -0.39 is 0 Å². The van der Waals surface area contributed by atoms with E-state index in [1.54, 1.807) is 12.4 Å². The molecule has 0 saturated heterocycles. The van der Waals surface area contributed by atoms with Crippen molar-refractivity contribution in [2.45, 2.75) is 0 Å². The summed E-state index contributed by atoms with van der Waals surface area (Å²) in [5.41, 5.74) is 5.02. The minimum atomic E-state index is 0.280. The van der Waals surface area contributed by atoms with Crippen LogP contribution < -0.4 is 5.43 Å². The van der Waals surface area contributed by atoms with E-state index in [1.165, 1.54) is 0 Å². The monoisotopic (exact) mass is 283 g/mol. The van der Waals surface area contributed by atoms with Crippen LogP contribution in [0.2, 0.25) is 5.15 Å². The Morgan fingerprint density at radius 3 is 2.50 bits per heavy atom. The Kier molecular flexibility index (Phi) is 3.52. The van der Waals surface area contributed by atoms with Crippen LogP contribution in [0.1, 0.15) is 5.69 Å². The van der Waals surface area contributed by atoms with Crippen LogP contribution in [0.3, 0.4) is 0 Å². The molecule has 0 aliphatic rings. The predicted octanol–water partition coefficient (Wildman–Crippen LogP) is 3.12. The van der Waals surface area contributed by atoms with Gasteiger partial charge in [-0.15, -0.1) is 0 Å². The third-order valence-corrected chi connectivity index (χ3v) is 2.85. The van der Waals surface area contributed by atoms with Gasteiger partial charge >= 0.3 is 0 Å². The first kappa shape index (κ1) is 12.5. The molecule has 98 valence electrons. The summed E-state index contributed by atoms with van der Waals surface area (Å²) in [6.07, 6.45) is 3.29. The van der Waals surface area contributed by atoms with Crippen molar-refractivity contribution in [3.63, 3.8) is 0 Å². The van der Waals surface area contributed by atoms with Crippen molar-refractivity contribution >= 4 is 34.7 Å². The first-order valence-electron chi connectivity index (χ1n) is 5.95. The molecule has 20 heavy (non-hydrogen) atoms. The maximum atomic E-state index is 6.06. The van der Waals surface area contributed by atoms with Gasteiger partial charge in [0.25, 0.3) is 0 Å². The summed E-state index contributed by atoms with van der Waals surface area (Å²) in [6.45, 7) is 0. The first-order chi connectivity index (χ1) is 9.83. The Morgan fingerprint density at radius 2 is 1.75 bits per heavy atom. The molecule has 6 heteroatoms. The van der Waals surface area contributed by atoms with E-state index in [-0.39, 0.29) is 5.15 Å². The zero-order valence-corrected chi connectivity index (χ0v) is 11.1. The fourth-order valence-corrected chi connectivity index (χ4v) is 1.84. The number of halogens is 1. The molecule has 0 aliphatic carbocycles. The normalized spacial score (nSPS) is 11.1. The third-order valence-electron chi connectivity index (χ3n) is 2.58. The highest BCUT2D eigenvalue weighted by Gasteiger charge is 2.05. The first-order valence-corrected chi connectivity index (χ1v) is 6.33. The van der Waals surface area contributed by atoms with E-state index in [1.807, 2.05) is 42.5 Å². The number of rotatable bonds is 3. The molecule has 1 aromatic carbocycles. The lowest BCUT2D eigenvalue weighted by atomic mass is 10.3. The SMILES string of the molecule is Clc1nc2ccccc2nc1NN=Cc1ccccn1. The Bertz CT molecular complexity index is 758. The standard InChI is InChI=1S/C14H10ClN5/c15-13-14(19-12-7-2-1-6-11(12)18-13)20-17-9-10-5-3-4-8-16-10/h1-9H,(H,19,20). The van der Waals surface area contributed by atoms with Crippen LogP contribution in [0.4, 0.5) is 5.82 Å². The van der Waals surface area contributed by atoms with Gasteiger partial charge in [0.15, 0.2) is 11.0 Å². The second kappa shape index (κ2) is 5.63. The molecule has 0 atom stereocenters. The van der Waals surface area contributed by atoms with E-state index in [4.69, 9.17) is 11.6 Å². The van der Waals surface area contributed by atoms with Crippen molar-refractivity contribution in [3.8, 4) is 0 Å². The minimum Gasteiger partial charge on any atom is -0.259 e. The average molecular weight is 284 g/mol. The molecule has 2 aromatic heterocycles. The van der Waals surface area contributed by atoms with Crippen molar-refractivity contribution in [3.05, 3.63) is 59.5 Å². The van der Waals surface area contributed by atoms with Crippen molar-refractivity contribution in [2.24, 2.45) is 5.10 Å². The molecule has 3 aromatic rings. The Morgan fingerprint density at radius 1 is 1.00 bits per heavy atom. The fraction of sp³-hybridized carbons (Fsp3) is 0. The van der Waals surface area contributed by atoms with Crippen LogP contribution in [-0.2, 0) is 0 Å². The lowest BCUT2D eigenvalue weighted by Gasteiger charge is -2.03. The van der Waals surface area contributed by atoms with Gasteiger partial charge in [0.2, 0.25) is 0 Å². The Balaban J connectivity index is 1.84. The average Bonchev–Trinajstić information content (AvgIpc) is 2.49. The number of anilines is 1. The van der Waals surface area contributed by atoms with Gasteiger partial charge in [0, 0.05) is 6.20 Å². The number of aromatic nitrogens is 3. The Labute approximate surface area is 120 Å². The molecule has 0 bridgehead atoms. The van der Waals surface area contributed by atoms with E-state index in [2.05, 4.69) is 25.5 Å². The second-order valence-electron chi connectivity index (χ2n) is 3.98. The summed E-state index contributed by atoms with van der Waals surface area (Å²) in [6, 6.07) is 13.1. The lowest BCUT2D eigenvalue weighted by Crippen LogP contribution is -1.97. The summed E-state index contributed by atoms with van der Waals surface area (Å²) in [7, 11) is 0. The second-order valence-corrected chi connectivity index (χ2v) is 4.33. The molecular formula is C14H10ClN5. The summed E-state index contributed by atoms with van der Waals surface area (Å²) in [4.78, 5) is 12.7. The molecule has 0 spiro atoms. The highest BCUT2D eigenvalue weighted by Crippen LogP contribution is 2.20. The van der Waals surface area contributed by atoms with Crippen LogP contribution in [0.25, 0.3) is 11.0 Å². The van der Waals surface area contributed by atoms with Crippen molar-refractivity contribution in [1.29, 1.82) is 0 Å². The number of hydrazone groups is 1. The highest BCUT2D eigenvalue weighted by molar-refractivity contribution is 6.32. The molecule has 1 N–H and O–H groups in total. The number of nitrogens with zero attached hydrogens (tertiary/aromatic N) is 4. The summed E-state index contributed by atoms with van der Waals surface area (Å²) < 4.78 is 0. The molecule has 0 unspecified atom stereocenters. The maximum Gasteiger partial charge on any atom is 0.185 e. The quantitative estimate of drug-likeness (QED) is 0.592. The smallest absolute Gasteiger partial charge is 0.185 e. The van der Waals surface area contributed by atoms with Gasteiger partial charge < -0.3 is 0 Å².